The first-order valence-corrected chi connectivity index (χ1v) is 6.40. The van der Waals surface area contributed by atoms with E-state index in [1.807, 2.05) is 0 Å². The molecule has 3 nitrogen and oxygen atoms in total. The minimum atomic E-state index is 0.335. The van der Waals surface area contributed by atoms with E-state index in [0.717, 1.165) is 12.5 Å². The smallest absolute Gasteiger partial charge is 0.0113 e. The molecule has 0 spiro atoms. The molecule has 2 fully saturated rings. The van der Waals surface area contributed by atoms with Crippen molar-refractivity contribution in [1.82, 2.24) is 9.80 Å². The molecule has 0 aromatic heterocycles. The summed E-state index contributed by atoms with van der Waals surface area (Å²) in [6, 6.07) is 1.93. The summed E-state index contributed by atoms with van der Waals surface area (Å²) in [5.74, 6) is 0. The molecular formula is C12H25N3. The summed E-state index contributed by atoms with van der Waals surface area (Å²) in [5.41, 5.74) is 5.85. The van der Waals surface area contributed by atoms with Gasteiger partial charge in [-0.25, -0.2) is 0 Å². The van der Waals surface area contributed by atoms with Crippen LogP contribution in [0.15, 0.2) is 0 Å². The fourth-order valence-corrected chi connectivity index (χ4v) is 2.67. The lowest BCUT2D eigenvalue weighted by Crippen LogP contribution is -2.51. The molecule has 1 heterocycles. The van der Waals surface area contributed by atoms with Gasteiger partial charge in [-0.05, 0) is 33.1 Å². The minimum Gasteiger partial charge on any atom is -0.328 e. The van der Waals surface area contributed by atoms with Crippen LogP contribution in [0.3, 0.4) is 0 Å². The van der Waals surface area contributed by atoms with Crippen LogP contribution in [0.2, 0.25) is 0 Å². The largest absolute Gasteiger partial charge is 0.328 e. The highest BCUT2D eigenvalue weighted by Crippen LogP contribution is 2.27. The van der Waals surface area contributed by atoms with Gasteiger partial charge in [0.15, 0.2) is 0 Å². The van der Waals surface area contributed by atoms with Crippen LogP contribution in [0, 0.1) is 0 Å². The molecule has 2 unspecified atom stereocenters. The molecular weight excluding hydrogens is 186 g/mol. The van der Waals surface area contributed by atoms with Crippen LogP contribution < -0.4 is 5.73 Å². The number of hydrogen-bond donors (Lipinski definition) is 1. The lowest BCUT2D eigenvalue weighted by Gasteiger charge is -2.38. The molecule has 2 rings (SSSR count). The highest BCUT2D eigenvalue weighted by atomic mass is 15.3. The molecule has 2 atom stereocenters. The second kappa shape index (κ2) is 4.81. The Morgan fingerprint density at radius 2 is 1.73 bits per heavy atom. The first kappa shape index (κ1) is 11.4. The van der Waals surface area contributed by atoms with Crippen molar-refractivity contribution in [3.8, 4) is 0 Å². The first-order chi connectivity index (χ1) is 7.16. The molecule has 0 aromatic carbocycles. The Morgan fingerprint density at radius 3 is 2.20 bits per heavy atom. The molecule has 0 bridgehead atoms. The van der Waals surface area contributed by atoms with Crippen LogP contribution in [0.1, 0.15) is 33.1 Å². The highest BCUT2D eigenvalue weighted by molar-refractivity contribution is 4.88. The van der Waals surface area contributed by atoms with Crippen molar-refractivity contribution in [3.63, 3.8) is 0 Å². The van der Waals surface area contributed by atoms with Crippen LogP contribution in [0.5, 0.6) is 0 Å². The fourth-order valence-electron chi connectivity index (χ4n) is 2.67. The third kappa shape index (κ3) is 3.16. The molecule has 1 aliphatic carbocycles. The average Bonchev–Trinajstić information content (AvgIpc) is 3.00. The van der Waals surface area contributed by atoms with Gasteiger partial charge in [0.2, 0.25) is 0 Å². The number of rotatable bonds is 4. The summed E-state index contributed by atoms with van der Waals surface area (Å²) >= 11 is 0. The number of nitrogens with zero attached hydrogens (tertiary/aromatic N) is 2. The van der Waals surface area contributed by atoms with Crippen molar-refractivity contribution in [2.75, 3.05) is 26.2 Å². The standard InChI is InChI=1S/C12H25N3/c1-10(13)9-11(2)14-5-7-15(8-6-14)12-3-4-12/h10-12H,3-9,13H2,1-2H3. The van der Waals surface area contributed by atoms with Crippen LogP contribution in [-0.2, 0) is 0 Å². The van der Waals surface area contributed by atoms with Gasteiger partial charge in [-0.15, -0.1) is 0 Å². The number of hydrogen-bond acceptors (Lipinski definition) is 3. The second-order valence-corrected chi connectivity index (χ2v) is 5.37. The van der Waals surface area contributed by atoms with Crippen molar-refractivity contribution < 1.29 is 0 Å². The zero-order valence-electron chi connectivity index (χ0n) is 10.2. The van der Waals surface area contributed by atoms with Gasteiger partial charge in [0.25, 0.3) is 0 Å². The molecule has 15 heavy (non-hydrogen) atoms. The summed E-state index contributed by atoms with van der Waals surface area (Å²) < 4.78 is 0. The molecule has 1 saturated carbocycles. The van der Waals surface area contributed by atoms with E-state index in [1.165, 1.54) is 39.0 Å². The normalized spacial score (nSPS) is 29.0. The van der Waals surface area contributed by atoms with E-state index in [9.17, 15) is 0 Å². The second-order valence-electron chi connectivity index (χ2n) is 5.37. The summed E-state index contributed by atoms with van der Waals surface area (Å²) in [6.45, 7) is 9.45. The van der Waals surface area contributed by atoms with E-state index >= 15 is 0 Å². The summed E-state index contributed by atoms with van der Waals surface area (Å²) in [5, 5.41) is 0. The van der Waals surface area contributed by atoms with Gasteiger partial charge in [-0.1, -0.05) is 0 Å². The van der Waals surface area contributed by atoms with E-state index in [2.05, 4.69) is 23.6 Å². The van der Waals surface area contributed by atoms with Gasteiger partial charge in [0.1, 0.15) is 0 Å². The molecule has 1 aliphatic heterocycles. The predicted molar refractivity (Wildman–Crippen MR) is 63.9 cm³/mol. The van der Waals surface area contributed by atoms with E-state index < -0.39 is 0 Å². The van der Waals surface area contributed by atoms with Crippen molar-refractivity contribution in [1.29, 1.82) is 0 Å². The molecule has 2 N–H and O–H groups in total. The maximum absolute atomic E-state index is 5.85. The Kier molecular flexibility index (Phi) is 3.65. The SMILES string of the molecule is CC(N)CC(C)N1CCN(C2CC2)CC1. The summed E-state index contributed by atoms with van der Waals surface area (Å²) in [4.78, 5) is 5.26. The third-order valence-electron chi connectivity index (χ3n) is 3.75. The minimum absolute atomic E-state index is 0.335. The molecule has 0 aromatic rings. The number of piperazine rings is 1. The maximum atomic E-state index is 5.85. The summed E-state index contributed by atoms with van der Waals surface area (Å²) in [6.07, 6.45) is 4.01. The van der Waals surface area contributed by atoms with Gasteiger partial charge >= 0.3 is 0 Å². The molecule has 3 heteroatoms. The molecule has 1 saturated heterocycles. The van der Waals surface area contributed by atoms with Crippen LogP contribution in [0.25, 0.3) is 0 Å². The lowest BCUT2D eigenvalue weighted by molar-refractivity contribution is 0.0922. The number of nitrogens with two attached hydrogens (primary N) is 1. The van der Waals surface area contributed by atoms with Crippen LogP contribution >= 0.6 is 0 Å². The zero-order valence-corrected chi connectivity index (χ0v) is 10.2. The van der Waals surface area contributed by atoms with Crippen molar-refractivity contribution >= 4 is 0 Å². The molecule has 88 valence electrons. The van der Waals surface area contributed by atoms with E-state index in [4.69, 9.17) is 5.73 Å². The van der Waals surface area contributed by atoms with Crippen LogP contribution in [-0.4, -0.2) is 54.1 Å². The van der Waals surface area contributed by atoms with Gasteiger partial charge < -0.3 is 5.73 Å². The van der Waals surface area contributed by atoms with E-state index in [-0.39, 0.29) is 0 Å². The van der Waals surface area contributed by atoms with Crippen molar-refractivity contribution in [3.05, 3.63) is 0 Å². The molecule has 2 aliphatic rings. The highest BCUT2D eigenvalue weighted by Gasteiger charge is 2.32. The zero-order chi connectivity index (χ0) is 10.8. The van der Waals surface area contributed by atoms with Gasteiger partial charge in [-0.3, -0.25) is 9.80 Å². The summed E-state index contributed by atoms with van der Waals surface area (Å²) in [7, 11) is 0. The van der Waals surface area contributed by atoms with Crippen LogP contribution in [0.4, 0.5) is 0 Å². The topological polar surface area (TPSA) is 32.5 Å². The third-order valence-corrected chi connectivity index (χ3v) is 3.75. The van der Waals surface area contributed by atoms with Gasteiger partial charge in [0, 0.05) is 44.3 Å². The Hall–Kier alpha value is -0.120. The molecule has 0 amide bonds. The Bertz CT molecular complexity index is 193. The average molecular weight is 211 g/mol. The van der Waals surface area contributed by atoms with Gasteiger partial charge in [0.05, 0.1) is 0 Å². The quantitative estimate of drug-likeness (QED) is 0.749. The maximum Gasteiger partial charge on any atom is 0.0113 e. The fraction of sp³-hybridized carbons (Fsp3) is 1.00. The lowest BCUT2D eigenvalue weighted by atomic mass is 10.1. The van der Waals surface area contributed by atoms with E-state index in [0.29, 0.717) is 12.1 Å². The molecule has 0 radical (unpaired) electrons. The Labute approximate surface area is 93.6 Å². The van der Waals surface area contributed by atoms with Crippen molar-refractivity contribution in [2.45, 2.75) is 51.2 Å². The predicted octanol–water partition coefficient (Wildman–Crippen LogP) is 0.892. The Morgan fingerprint density at radius 1 is 1.13 bits per heavy atom. The Balaban J connectivity index is 1.71. The van der Waals surface area contributed by atoms with Gasteiger partial charge in [-0.2, -0.15) is 0 Å². The monoisotopic (exact) mass is 211 g/mol. The first-order valence-electron chi connectivity index (χ1n) is 6.40. The van der Waals surface area contributed by atoms with Crippen molar-refractivity contribution in [2.24, 2.45) is 5.73 Å². The van der Waals surface area contributed by atoms with E-state index in [1.54, 1.807) is 0 Å².